The van der Waals surface area contributed by atoms with Gasteiger partial charge in [0.25, 0.3) is 0 Å². The van der Waals surface area contributed by atoms with Crippen LogP contribution < -0.4 is 5.32 Å². The van der Waals surface area contributed by atoms with Gasteiger partial charge in [-0.2, -0.15) is 0 Å². The molecule has 0 fully saturated rings. The third-order valence-electron chi connectivity index (χ3n) is 1.47. The third kappa shape index (κ3) is 1.31. The molecule has 0 aromatic rings. The Hall–Kier alpha value is 0.0700. The standard InChI is InChI=1S/C6H11IN2/c1-3-6-4-8-5(2)9(6)7/h4-5,8H,3H2,1-2H3. The van der Waals surface area contributed by atoms with Crippen molar-refractivity contribution >= 4 is 22.9 Å². The molecule has 2 nitrogen and oxygen atoms in total. The highest BCUT2D eigenvalue weighted by molar-refractivity contribution is 14.1. The smallest absolute Gasteiger partial charge is 0.105 e. The number of rotatable bonds is 1. The van der Waals surface area contributed by atoms with Crippen LogP contribution in [0.15, 0.2) is 11.9 Å². The summed E-state index contributed by atoms with van der Waals surface area (Å²) >= 11 is 2.32. The van der Waals surface area contributed by atoms with Gasteiger partial charge in [0.2, 0.25) is 0 Å². The molecule has 1 unspecified atom stereocenters. The molecule has 0 radical (unpaired) electrons. The number of nitrogens with one attached hydrogen (secondary N) is 1. The molecule has 0 aliphatic carbocycles. The van der Waals surface area contributed by atoms with Gasteiger partial charge < -0.3 is 5.32 Å². The lowest BCUT2D eigenvalue weighted by Gasteiger charge is -2.17. The van der Waals surface area contributed by atoms with Crippen LogP contribution in [0, 0.1) is 0 Å². The van der Waals surface area contributed by atoms with Gasteiger partial charge in [0.15, 0.2) is 0 Å². The van der Waals surface area contributed by atoms with E-state index in [1.807, 2.05) is 0 Å². The van der Waals surface area contributed by atoms with E-state index in [-0.39, 0.29) is 0 Å². The SMILES string of the molecule is CCC1=CNC(C)N1I. The van der Waals surface area contributed by atoms with Crippen molar-refractivity contribution in [1.29, 1.82) is 0 Å². The predicted octanol–water partition coefficient (Wildman–Crippen LogP) is 1.84. The van der Waals surface area contributed by atoms with E-state index in [2.05, 4.69) is 51.3 Å². The van der Waals surface area contributed by atoms with Crippen LogP contribution in [0.2, 0.25) is 0 Å². The Morgan fingerprint density at radius 3 is 2.78 bits per heavy atom. The van der Waals surface area contributed by atoms with Gasteiger partial charge in [0.1, 0.15) is 6.17 Å². The van der Waals surface area contributed by atoms with Crippen molar-refractivity contribution < 1.29 is 0 Å². The maximum Gasteiger partial charge on any atom is 0.105 e. The second-order valence-electron chi connectivity index (χ2n) is 2.14. The van der Waals surface area contributed by atoms with Crippen molar-refractivity contribution in [3.8, 4) is 0 Å². The van der Waals surface area contributed by atoms with Gasteiger partial charge >= 0.3 is 0 Å². The monoisotopic (exact) mass is 238 g/mol. The summed E-state index contributed by atoms with van der Waals surface area (Å²) in [5.41, 5.74) is 1.38. The Morgan fingerprint density at radius 2 is 2.56 bits per heavy atom. The minimum Gasteiger partial charge on any atom is -0.369 e. The Morgan fingerprint density at radius 1 is 1.89 bits per heavy atom. The fourth-order valence-corrected chi connectivity index (χ4v) is 1.49. The average Bonchev–Trinajstić information content (AvgIpc) is 2.15. The van der Waals surface area contributed by atoms with Gasteiger partial charge in [-0.1, -0.05) is 6.92 Å². The third-order valence-corrected chi connectivity index (χ3v) is 2.92. The van der Waals surface area contributed by atoms with E-state index in [9.17, 15) is 0 Å². The Bertz CT molecular complexity index is 133. The first-order valence-electron chi connectivity index (χ1n) is 3.15. The molecule has 9 heavy (non-hydrogen) atoms. The molecule has 52 valence electrons. The molecule has 0 saturated heterocycles. The first kappa shape index (κ1) is 7.18. The van der Waals surface area contributed by atoms with Crippen LogP contribution in [0.4, 0.5) is 0 Å². The highest BCUT2D eigenvalue weighted by atomic mass is 127. The molecule has 1 heterocycles. The van der Waals surface area contributed by atoms with Gasteiger partial charge in [0, 0.05) is 11.9 Å². The summed E-state index contributed by atoms with van der Waals surface area (Å²) in [6.45, 7) is 4.31. The molecule has 0 aromatic carbocycles. The van der Waals surface area contributed by atoms with Crippen LogP contribution in [0.5, 0.6) is 0 Å². The average molecular weight is 238 g/mol. The molecule has 0 amide bonds. The summed E-state index contributed by atoms with van der Waals surface area (Å²) in [5.74, 6) is 0. The number of hydrogen-bond acceptors (Lipinski definition) is 2. The molecule has 0 saturated carbocycles. The molecular weight excluding hydrogens is 227 g/mol. The lowest BCUT2D eigenvalue weighted by molar-refractivity contribution is 0.475. The van der Waals surface area contributed by atoms with Crippen LogP contribution in [0.1, 0.15) is 20.3 Å². The highest BCUT2D eigenvalue weighted by Gasteiger charge is 2.16. The Labute approximate surface area is 69.8 Å². The van der Waals surface area contributed by atoms with Crippen molar-refractivity contribution in [3.63, 3.8) is 0 Å². The van der Waals surface area contributed by atoms with E-state index in [1.54, 1.807) is 0 Å². The molecule has 1 N–H and O–H groups in total. The minimum absolute atomic E-state index is 0.473. The second-order valence-corrected chi connectivity index (χ2v) is 3.18. The number of allylic oxidation sites excluding steroid dienone is 1. The quantitative estimate of drug-likeness (QED) is 0.553. The first-order chi connectivity index (χ1) is 4.25. The summed E-state index contributed by atoms with van der Waals surface area (Å²) in [7, 11) is 0. The van der Waals surface area contributed by atoms with Crippen LogP contribution in [0.25, 0.3) is 0 Å². The minimum atomic E-state index is 0.473. The fourth-order valence-electron chi connectivity index (χ4n) is 0.846. The van der Waals surface area contributed by atoms with Crippen molar-refractivity contribution in [2.24, 2.45) is 0 Å². The maximum atomic E-state index is 3.23. The molecule has 1 aliphatic heterocycles. The molecule has 3 heteroatoms. The molecule has 1 atom stereocenters. The van der Waals surface area contributed by atoms with Gasteiger partial charge in [-0.05, 0) is 13.3 Å². The lowest BCUT2D eigenvalue weighted by atomic mass is 10.4. The second kappa shape index (κ2) is 2.77. The maximum absolute atomic E-state index is 3.23. The number of hydrogen-bond donors (Lipinski definition) is 1. The van der Waals surface area contributed by atoms with Crippen LogP contribution in [-0.2, 0) is 0 Å². The van der Waals surface area contributed by atoms with Crippen molar-refractivity contribution in [2.75, 3.05) is 0 Å². The van der Waals surface area contributed by atoms with Crippen LogP contribution in [-0.4, -0.2) is 9.28 Å². The Kier molecular flexibility index (Phi) is 2.21. The van der Waals surface area contributed by atoms with Crippen LogP contribution >= 0.6 is 22.9 Å². The van der Waals surface area contributed by atoms with Crippen LogP contribution in [0.3, 0.4) is 0 Å². The largest absolute Gasteiger partial charge is 0.369 e. The van der Waals surface area contributed by atoms with E-state index in [0.717, 1.165) is 6.42 Å². The lowest BCUT2D eigenvalue weighted by Crippen LogP contribution is -2.25. The normalized spacial score (nSPS) is 25.9. The zero-order valence-corrected chi connectivity index (χ0v) is 7.84. The fraction of sp³-hybridized carbons (Fsp3) is 0.667. The van der Waals surface area contributed by atoms with Gasteiger partial charge in [-0.3, -0.25) is 3.11 Å². The van der Waals surface area contributed by atoms with E-state index in [1.165, 1.54) is 5.70 Å². The van der Waals surface area contributed by atoms with E-state index in [0.29, 0.717) is 6.17 Å². The zero-order valence-electron chi connectivity index (χ0n) is 5.69. The van der Waals surface area contributed by atoms with Crippen molar-refractivity contribution in [1.82, 2.24) is 8.43 Å². The van der Waals surface area contributed by atoms with Crippen molar-refractivity contribution in [2.45, 2.75) is 26.4 Å². The zero-order chi connectivity index (χ0) is 6.85. The summed E-state index contributed by atoms with van der Waals surface area (Å²) in [6, 6.07) is 0. The van der Waals surface area contributed by atoms with Gasteiger partial charge in [0.05, 0.1) is 22.9 Å². The molecule has 0 aromatic heterocycles. The Balaban J connectivity index is 2.55. The van der Waals surface area contributed by atoms with E-state index in [4.69, 9.17) is 0 Å². The predicted molar refractivity (Wildman–Crippen MR) is 46.8 cm³/mol. The molecule has 0 bridgehead atoms. The van der Waals surface area contributed by atoms with E-state index >= 15 is 0 Å². The molecule has 1 aliphatic rings. The van der Waals surface area contributed by atoms with Gasteiger partial charge in [-0.25, -0.2) is 0 Å². The topological polar surface area (TPSA) is 15.3 Å². The molecular formula is C6H11IN2. The highest BCUT2D eigenvalue weighted by Crippen LogP contribution is 2.20. The molecule has 1 rings (SSSR count). The van der Waals surface area contributed by atoms with Gasteiger partial charge in [-0.15, -0.1) is 0 Å². The number of halogens is 1. The molecule has 0 spiro atoms. The number of nitrogens with zero attached hydrogens (tertiary/aromatic N) is 1. The summed E-state index contributed by atoms with van der Waals surface area (Å²) in [5, 5.41) is 3.23. The summed E-state index contributed by atoms with van der Waals surface area (Å²) < 4.78 is 2.22. The van der Waals surface area contributed by atoms with Crippen molar-refractivity contribution in [3.05, 3.63) is 11.9 Å². The summed E-state index contributed by atoms with van der Waals surface area (Å²) in [6.07, 6.45) is 3.66. The first-order valence-corrected chi connectivity index (χ1v) is 4.12. The van der Waals surface area contributed by atoms with E-state index < -0.39 is 0 Å². The summed E-state index contributed by atoms with van der Waals surface area (Å²) in [4.78, 5) is 0.